The zero-order valence-electron chi connectivity index (χ0n) is 13.8. The lowest BCUT2D eigenvalue weighted by Crippen LogP contribution is -2.54. The molecular weight excluding hydrogens is 272 g/mol. The molecule has 6 nitrogen and oxygen atoms in total. The van der Waals surface area contributed by atoms with Gasteiger partial charge in [-0.3, -0.25) is 4.79 Å². The molecule has 1 aliphatic rings. The third kappa shape index (κ3) is 5.91. The Kier molecular flexibility index (Phi) is 6.45. The number of nitrogens with zero attached hydrogens (tertiary/aromatic N) is 1. The van der Waals surface area contributed by atoms with Crippen LogP contribution in [0.1, 0.15) is 41.0 Å². The number of nitrogens with one attached hydrogen (secondary N) is 1. The van der Waals surface area contributed by atoms with E-state index < -0.39 is 17.7 Å². The van der Waals surface area contributed by atoms with Crippen molar-refractivity contribution in [2.45, 2.75) is 52.7 Å². The Morgan fingerprint density at radius 3 is 2.33 bits per heavy atom. The van der Waals surface area contributed by atoms with Crippen LogP contribution in [0.5, 0.6) is 0 Å². The van der Waals surface area contributed by atoms with E-state index in [4.69, 9.17) is 9.47 Å². The van der Waals surface area contributed by atoms with E-state index in [1.165, 1.54) is 0 Å². The second-order valence-electron chi connectivity index (χ2n) is 6.45. The van der Waals surface area contributed by atoms with Crippen molar-refractivity contribution >= 4 is 12.0 Å². The van der Waals surface area contributed by atoms with Crippen molar-refractivity contribution in [3.63, 3.8) is 0 Å². The number of alkyl carbamates (subject to hydrolysis) is 1. The van der Waals surface area contributed by atoms with Crippen LogP contribution in [0.25, 0.3) is 0 Å². The van der Waals surface area contributed by atoms with Gasteiger partial charge >= 0.3 is 6.09 Å². The standard InChI is InChI=1S/C15H28N2O4/c1-6-11(2)12(16-14(19)21-15(3,4)5)13(18)17-7-9-20-10-8-17/h11-12H,6-10H2,1-5H3,(H,16,19)/t11-,12+/m0/s1. The minimum atomic E-state index is -0.577. The maximum Gasteiger partial charge on any atom is 0.408 e. The van der Waals surface area contributed by atoms with E-state index in [0.29, 0.717) is 26.3 Å². The van der Waals surface area contributed by atoms with Crippen LogP contribution in [0, 0.1) is 5.92 Å². The fourth-order valence-electron chi connectivity index (χ4n) is 2.10. The molecule has 1 fully saturated rings. The Labute approximate surface area is 127 Å². The van der Waals surface area contributed by atoms with Crippen molar-refractivity contribution in [3.05, 3.63) is 0 Å². The summed E-state index contributed by atoms with van der Waals surface area (Å²) in [6, 6.07) is -0.553. The lowest BCUT2D eigenvalue weighted by atomic mass is 9.98. The topological polar surface area (TPSA) is 67.9 Å². The summed E-state index contributed by atoms with van der Waals surface area (Å²) < 4.78 is 10.5. The number of hydrogen-bond acceptors (Lipinski definition) is 4. The van der Waals surface area contributed by atoms with Crippen molar-refractivity contribution in [2.75, 3.05) is 26.3 Å². The summed E-state index contributed by atoms with van der Waals surface area (Å²) in [5.41, 5.74) is -0.577. The van der Waals surface area contributed by atoms with E-state index in [2.05, 4.69) is 5.32 Å². The maximum absolute atomic E-state index is 12.6. The normalized spacial score (nSPS) is 18.8. The molecule has 21 heavy (non-hydrogen) atoms. The van der Waals surface area contributed by atoms with Crippen LogP contribution < -0.4 is 5.32 Å². The number of hydrogen-bond donors (Lipinski definition) is 1. The van der Waals surface area contributed by atoms with E-state index in [1.807, 2.05) is 13.8 Å². The molecule has 0 aliphatic carbocycles. The molecule has 1 heterocycles. The molecule has 1 rings (SSSR count). The Bertz CT molecular complexity index is 359. The minimum Gasteiger partial charge on any atom is -0.444 e. The summed E-state index contributed by atoms with van der Waals surface area (Å²) in [5, 5.41) is 2.73. The molecule has 1 N–H and O–H groups in total. The van der Waals surface area contributed by atoms with Crippen LogP contribution >= 0.6 is 0 Å². The van der Waals surface area contributed by atoms with Crippen molar-refractivity contribution in [3.8, 4) is 0 Å². The van der Waals surface area contributed by atoms with Gasteiger partial charge in [-0.2, -0.15) is 0 Å². The number of amides is 2. The fourth-order valence-corrected chi connectivity index (χ4v) is 2.10. The fraction of sp³-hybridized carbons (Fsp3) is 0.867. The lowest BCUT2D eigenvalue weighted by Gasteiger charge is -2.33. The molecule has 1 saturated heterocycles. The van der Waals surface area contributed by atoms with Gasteiger partial charge in [0.25, 0.3) is 0 Å². The van der Waals surface area contributed by atoms with Crippen LogP contribution in [0.2, 0.25) is 0 Å². The summed E-state index contributed by atoms with van der Waals surface area (Å²) in [5.74, 6) is -0.00799. The average Bonchev–Trinajstić information content (AvgIpc) is 2.42. The Balaban J connectivity index is 2.70. The smallest absolute Gasteiger partial charge is 0.408 e. The lowest BCUT2D eigenvalue weighted by molar-refractivity contribution is -0.138. The molecule has 0 unspecified atom stereocenters. The van der Waals surface area contributed by atoms with Gasteiger partial charge in [0.15, 0.2) is 0 Å². The number of ether oxygens (including phenoxy) is 2. The van der Waals surface area contributed by atoms with Crippen LogP contribution in [0.15, 0.2) is 0 Å². The average molecular weight is 300 g/mol. The predicted molar refractivity (Wildman–Crippen MR) is 80.0 cm³/mol. The highest BCUT2D eigenvalue weighted by Gasteiger charge is 2.32. The monoisotopic (exact) mass is 300 g/mol. The van der Waals surface area contributed by atoms with Crippen molar-refractivity contribution in [1.29, 1.82) is 0 Å². The highest BCUT2D eigenvalue weighted by molar-refractivity contribution is 5.86. The molecule has 0 bridgehead atoms. The molecule has 0 aromatic rings. The van der Waals surface area contributed by atoms with Crippen LogP contribution in [0.4, 0.5) is 4.79 Å². The zero-order chi connectivity index (χ0) is 16.0. The summed E-state index contributed by atoms with van der Waals surface area (Å²) in [6.07, 6.45) is 0.255. The molecule has 0 aromatic carbocycles. The molecule has 2 atom stereocenters. The number of morpholine rings is 1. The molecule has 2 amide bonds. The molecule has 1 aliphatic heterocycles. The molecule has 6 heteroatoms. The Morgan fingerprint density at radius 2 is 1.86 bits per heavy atom. The summed E-state index contributed by atoms with van der Waals surface area (Å²) in [7, 11) is 0. The predicted octanol–water partition coefficient (Wildman–Crippen LogP) is 1.78. The van der Waals surface area contributed by atoms with Gasteiger partial charge < -0.3 is 19.7 Å². The Hall–Kier alpha value is -1.30. The molecule has 0 spiro atoms. The van der Waals surface area contributed by atoms with E-state index >= 15 is 0 Å². The first kappa shape index (κ1) is 17.8. The van der Waals surface area contributed by atoms with Gasteiger partial charge in [-0.15, -0.1) is 0 Å². The molecule has 0 saturated carbocycles. The largest absolute Gasteiger partial charge is 0.444 e. The van der Waals surface area contributed by atoms with E-state index in [0.717, 1.165) is 6.42 Å². The summed E-state index contributed by atoms with van der Waals surface area (Å²) in [6.45, 7) is 11.6. The third-order valence-electron chi connectivity index (χ3n) is 3.47. The van der Waals surface area contributed by atoms with E-state index in [9.17, 15) is 9.59 Å². The van der Waals surface area contributed by atoms with E-state index in [1.54, 1.807) is 25.7 Å². The SMILES string of the molecule is CC[C@H](C)[C@@H](NC(=O)OC(C)(C)C)C(=O)N1CCOCC1. The maximum atomic E-state index is 12.6. The van der Waals surface area contributed by atoms with Crippen molar-refractivity contribution < 1.29 is 19.1 Å². The third-order valence-corrected chi connectivity index (χ3v) is 3.47. The van der Waals surface area contributed by atoms with Gasteiger partial charge in [-0.05, 0) is 26.7 Å². The van der Waals surface area contributed by atoms with Gasteiger partial charge in [0, 0.05) is 13.1 Å². The Morgan fingerprint density at radius 1 is 1.29 bits per heavy atom. The molecular formula is C15H28N2O4. The van der Waals surface area contributed by atoms with Gasteiger partial charge in [-0.1, -0.05) is 20.3 Å². The van der Waals surface area contributed by atoms with Gasteiger partial charge in [0.2, 0.25) is 5.91 Å². The molecule has 0 aromatic heterocycles. The first-order valence-corrected chi connectivity index (χ1v) is 7.60. The quantitative estimate of drug-likeness (QED) is 0.859. The molecule has 122 valence electrons. The first-order chi connectivity index (χ1) is 9.74. The summed E-state index contributed by atoms with van der Waals surface area (Å²) >= 11 is 0. The second kappa shape index (κ2) is 7.64. The molecule has 0 radical (unpaired) electrons. The number of rotatable bonds is 4. The number of carbonyl (C=O) groups is 2. The van der Waals surface area contributed by atoms with Gasteiger partial charge in [0.05, 0.1) is 13.2 Å². The van der Waals surface area contributed by atoms with Crippen LogP contribution in [-0.4, -0.2) is 54.8 Å². The van der Waals surface area contributed by atoms with E-state index in [-0.39, 0.29) is 11.8 Å². The minimum absolute atomic E-state index is 0.0489. The highest BCUT2D eigenvalue weighted by atomic mass is 16.6. The second-order valence-corrected chi connectivity index (χ2v) is 6.45. The van der Waals surface area contributed by atoms with Crippen molar-refractivity contribution in [1.82, 2.24) is 10.2 Å². The van der Waals surface area contributed by atoms with Gasteiger partial charge in [0.1, 0.15) is 11.6 Å². The van der Waals surface area contributed by atoms with Crippen LogP contribution in [-0.2, 0) is 14.3 Å². The number of carbonyl (C=O) groups excluding carboxylic acids is 2. The first-order valence-electron chi connectivity index (χ1n) is 7.60. The van der Waals surface area contributed by atoms with Crippen molar-refractivity contribution in [2.24, 2.45) is 5.92 Å². The van der Waals surface area contributed by atoms with Crippen LogP contribution in [0.3, 0.4) is 0 Å². The zero-order valence-corrected chi connectivity index (χ0v) is 13.8. The van der Waals surface area contributed by atoms with Gasteiger partial charge in [-0.25, -0.2) is 4.79 Å². The highest BCUT2D eigenvalue weighted by Crippen LogP contribution is 2.14. The summed E-state index contributed by atoms with van der Waals surface area (Å²) in [4.78, 5) is 26.3.